The molecule has 0 saturated heterocycles. The monoisotopic (exact) mass is 492 g/mol. The second-order valence-corrected chi connectivity index (χ2v) is 8.56. The van der Waals surface area contributed by atoms with Crippen LogP contribution >= 0.6 is 67.2 Å². The number of rotatable bonds is 9. The molecular weight excluding hydrogens is 478 g/mol. The first-order valence-corrected chi connectivity index (χ1v) is 10.4. The summed E-state index contributed by atoms with van der Waals surface area (Å²) >= 11 is 16.6. The highest BCUT2D eigenvalue weighted by molar-refractivity contribution is 9.10. The van der Waals surface area contributed by atoms with Crippen molar-refractivity contribution in [1.82, 2.24) is 0 Å². The van der Waals surface area contributed by atoms with Crippen LogP contribution in [0, 0.1) is 5.41 Å². The largest absolute Gasteiger partial charge is 0.469 e. The summed E-state index contributed by atoms with van der Waals surface area (Å²) in [4.78, 5) is 16.7. The number of alkyl halides is 4. The fraction of sp³-hybridized carbons (Fsp3) is 1.00. The minimum Gasteiger partial charge on any atom is -0.303 e. The molecule has 9 heteroatoms. The third-order valence-electron chi connectivity index (χ3n) is 2.42. The third kappa shape index (κ3) is 8.20. The molecule has 4 nitrogen and oxygen atoms in total. The summed E-state index contributed by atoms with van der Waals surface area (Å²) < 4.78 is 15.3. The summed E-state index contributed by atoms with van der Waals surface area (Å²) in [6, 6.07) is 0. The zero-order valence-corrected chi connectivity index (χ0v) is 16.3. The van der Waals surface area contributed by atoms with E-state index in [1.165, 1.54) is 0 Å². The smallest absolute Gasteiger partial charge is 0.303 e. The molecule has 0 aliphatic rings. The summed E-state index contributed by atoms with van der Waals surface area (Å²) in [5.41, 5.74) is -0.109. The molecule has 0 aromatic rings. The lowest BCUT2D eigenvalue weighted by Crippen LogP contribution is -2.37. The molecule has 0 aromatic carbocycles. The van der Waals surface area contributed by atoms with Crippen LogP contribution in [-0.4, -0.2) is 37.3 Å². The molecule has 0 heterocycles. The van der Waals surface area contributed by atoms with Crippen molar-refractivity contribution in [3.8, 4) is 0 Å². The quantitative estimate of drug-likeness (QED) is 0.374. The van der Waals surface area contributed by atoms with Crippen molar-refractivity contribution in [2.45, 2.75) is 24.6 Å². The van der Waals surface area contributed by atoms with Crippen LogP contribution < -0.4 is 0 Å². The Bertz CT molecular complexity index is 298. The van der Waals surface area contributed by atoms with Crippen molar-refractivity contribution in [2.24, 2.45) is 5.41 Å². The SMILES string of the molecule is CC(CBr)(CBr)CC(Cl)(CCBr)COP(=O)(O)O. The Morgan fingerprint density at radius 2 is 1.78 bits per heavy atom. The molecule has 110 valence electrons. The zero-order valence-electron chi connectivity index (χ0n) is 9.91. The fourth-order valence-corrected chi connectivity index (χ4v) is 4.75. The van der Waals surface area contributed by atoms with E-state index in [0.29, 0.717) is 18.2 Å². The van der Waals surface area contributed by atoms with Crippen molar-refractivity contribution >= 4 is 67.2 Å². The number of hydrogen-bond donors (Lipinski definition) is 2. The van der Waals surface area contributed by atoms with Crippen LogP contribution in [-0.2, 0) is 9.09 Å². The molecule has 2 N–H and O–H groups in total. The summed E-state index contributed by atoms with van der Waals surface area (Å²) in [5.74, 6) is 0. The number of phosphoric acid groups is 1. The van der Waals surface area contributed by atoms with Gasteiger partial charge >= 0.3 is 7.82 Å². The lowest BCUT2D eigenvalue weighted by molar-refractivity contribution is 0.157. The van der Waals surface area contributed by atoms with Gasteiger partial charge in [-0.3, -0.25) is 4.52 Å². The lowest BCUT2D eigenvalue weighted by atomic mass is 9.83. The van der Waals surface area contributed by atoms with Gasteiger partial charge < -0.3 is 9.79 Å². The van der Waals surface area contributed by atoms with Gasteiger partial charge in [0.1, 0.15) is 0 Å². The predicted octanol–water partition coefficient (Wildman–Crippen LogP) is 4.04. The van der Waals surface area contributed by atoms with Crippen molar-refractivity contribution in [1.29, 1.82) is 0 Å². The Morgan fingerprint density at radius 3 is 2.11 bits per heavy atom. The Morgan fingerprint density at radius 1 is 1.28 bits per heavy atom. The standard InChI is InChI=1S/C9H17Br3ClO4P/c1-8(5-11,6-12)4-9(13,2-3-10)7-17-18(14,15)16/h2-7H2,1H3,(H2,14,15,16). The molecule has 0 aromatic heterocycles. The van der Waals surface area contributed by atoms with Gasteiger partial charge in [-0.2, -0.15) is 0 Å². The summed E-state index contributed by atoms with van der Waals surface area (Å²) in [6.45, 7) is 1.86. The second-order valence-electron chi connectivity index (χ2n) is 4.61. The minimum absolute atomic E-state index is 0.109. The van der Waals surface area contributed by atoms with Crippen LogP contribution in [0.4, 0.5) is 0 Å². The highest BCUT2D eigenvalue weighted by Crippen LogP contribution is 2.43. The predicted molar refractivity (Wildman–Crippen MR) is 85.3 cm³/mol. The molecular formula is C9H17Br3ClO4P. The summed E-state index contributed by atoms with van der Waals surface area (Å²) in [6.07, 6.45) is 1.13. The maximum absolute atomic E-state index is 10.8. The van der Waals surface area contributed by atoms with Crippen molar-refractivity contribution in [2.75, 3.05) is 22.6 Å². The van der Waals surface area contributed by atoms with Crippen LogP contribution in [0.2, 0.25) is 0 Å². The first-order chi connectivity index (χ1) is 8.10. The van der Waals surface area contributed by atoms with E-state index in [1.807, 2.05) is 6.92 Å². The molecule has 0 spiro atoms. The van der Waals surface area contributed by atoms with Crippen molar-refractivity contribution in [3.05, 3.63) is 0 Å². The van der Waals surface area contributed by atoms with Crippen molar-refractivity contribution < 1.29 is 18.9 Å². The molecule has 0 radical (unpaired) electrons. The fourth-order valence-electron chi connectivity index (χ4n) is 1.48. The highest BCUT2D eigenvalue weighted by atomic mass is 79.9. The van der Waals surface area contributed by atoms with Crippen LogP contribution in [0.5, 0.6) is 0 Å². The normalized spacial score (nSPS) is 16.6. The van der Waals surface area contributed by atoms with E-state index < -0.39 is 12.7 Å². The van der Waals surface area contributed by atoms with Gasteiger partial charge in [-0.15, -0.1) is 11.6 Å². The Hall–Kier alpha value is 1.84. The number of phosphoric ester groups is 1. The first kappa shape index (κ1) is 19.8. The van der Waals surface area contributed by atoms with Gasteiger partial charge in [0.25, 0.3) is 0 Å². The van der Waals surface area contributed by atoms with Crippen LogP contribution in [0.1, 0.15) is 19.8 Å². The molecule has 0 aliphatic heterocycles. The highest BCUT2D eigenvalue weighted by Gasteiger charge is 2.37. The van der Waals surface area contributed by atoms with E-state index in [9.17, 15) is 4.57 Å². The van der Waals surface area contributed by atoms with Crippen LogP contribution in [0.3, 0.4) is 0 Å². The molecule has 0 amide bonds. The average molecular weight is 495 g/mol. The van der Waals surface area contributed by atoms with Gasteiger partial charge in [-0.25, -0.2) is 4.57 Å². The average Bonchev–Trinajstić information content (AvgIpc) is 2.26. The third-order valence-corrected chi connectivity index (χ3v) is 6.42. The van der Waals surface area contributed by atoms with Crippen LogP contribution in [0.25, 0.3) is 0 Å². The number of hydrogen-bond acceptors (Lipinski definition) is 2. The van der Waals surface area contributed by atoms with Gasteiger partial charge in [0.05, 0.1) is 11.5 Å². The molecule has 0 saturated carbocycles. The number of halogens is 4. The molecule has 0 fully saturated rings. The van der Waals surface area contributed by atoms with E-state index in [1.54, 1.807) is 0 Å². The molecule has 0 bridgehead atoms. The van der Waals surface area contributed by atoms with Gasteiger partial charge in [0.15, 0.2) is 0 Å². The van der Waals surface area contributed by atoms with E-state index in [0.717, 1.165) is 10.7 Å². The topological polar surface area (TPSA) is 66.8 Å². The van der Waals surface area contributed by atoms with Gasteiger partial charge in [-0.05, 0) is 18.3 Å². The Kier molecular flexibility index (Phi) is 9.17. The maximum Gasteiger partial charge on any atom is 0.469 e. The van der Waals surface area contributed by atoms with Gasteiger partial charge in [0, 0.05) is 16.0 Å². The minimum atomic E-state index is -4.49. The van der Waals surface area contributed by atoms with E-state index >= 15 is 0 Å². The molecule has 1 unspecified atom stereocenters. The Balaban J connectivity index is 4.75. The Labute approximate surface area is 138 Å². The second kappa shape index (κ2) is 8.32. The first-order valence-electron chi connectivity index (χ1n) is 5.17. The summed E-state index contributed by atoms with van der Waals surface area (Å²) in [7, 11) is -4.49. The zero-order chi connectivity index (χ0) is 14.4. The van der Waals surface area contributed by atoms with Gasteiger partial charge in [-0.1, -0.05) is 54.7 Å². The van der Waals surface area contributed by atoms with E-state index in [2.05, 4.69) is 52.3 Å². The van der Waals surface area contributed by atoms with Gasteiger partial charge in [0.2, 0.25) is 0 Å². The molecule has 18 heavy (non-hydrogen) atoms. The van der Waals surface area contributed by atoms with E-state index in [4.69, 9.17) is 21.4 Å². The molecule has 1 atom stereocenters. The molecule has 0 rings (SSSR count). The summed E-state index contributed by atoms with van der Waals surface area (Å²) in [5, 5.41) is 2.11. The molecule has 0 aliphatic carbocycles. The maximum atomic E-state index is 10.8. The van der Waals surface area contributed by atoms with Crippen LogP contribution in [0.15, 0.2) is 0 Å². The lowest BCUT2D eigenvalue weighted by Gasteiger charge is -2.35. The van der Waals surface area contributed by atoms with E-state index in [-0.39, 0.29) is 12.0 Å². The van der Waals surface area contributed by atoms with Crippen molar-refractivity contribution in [3.63, 3.8) is 0 Å².